The van der Waals surface area contributed by atoms with Gasteiger partial charge in [0.1, 0.15) is 5.82 Å². The van der Waals surface area contributed by atoms with E-state index in [4.69, 9.17) is 0 Å². The molecule has 6 nitrogen and oxygen atoms in total. The Kier molecular flexibility index (Phi) is 4.23. The first kappa shape index (κ1) is 16.1. The van der Waals surface area contributed by atoms with Crippen LogP contribution in [0.5, 0.6) is 0 Å². The number of imidazole rings is 1. The fourth-order valence-corrected chi connectivity index (χ4v) is 2.87. The van der Waals surface area contributed by atoms with Crippen LogP contribution in [0.3, 0.4) is 0 Å². The maximum Gasteiger partial charge on any atom is 0.158 e. The number of nitrogens with zero attached hydrogens (tertiary/aromatic N) is 5. The molecular formula is C20H17N5O. The third-order valence-electron chi connectivity index (χ3n) is 4.27. The van der Waals surface area contributed by atoms with Crippen molar-refractivity contribution in [2.45, 2.75) is 19.9 Å². The molecule has 4 aromatic rings. The topological polar surface area (TPSA) is 73.6 Å². The van der Waals surface area contributed by atoms with Crippen LogP contribution in [0.4, 0.5) is 0 Å². The van der Waals surface area contributed by atoms with Gasteiger partial charge in [-0.25, -0.2) is 4.98 Å². The Morgan fingerprint density at radius 1 is 1.04 bits per heavy atom. The van der Waals surface area contributed by atoms with Gasteiger partial charge < -0.3 is 4.57 Å². The number of hydrogen-bond donors (Lipinski definition) is 0. The summed E-state index contributed by atoms with van der Waals surface area (Å²) in [6.45, 7) is 2.19. The normalized spacial score (nSPS) is 11.0. The SMILES string of the molecule is Cc1nccn1CC(=O)Cc1cc2cc(-c3cccnc3)ncc2cn1. The molecule has 0 saturated heterocycles. The Balaban J connectivity index is 1.58. The van der Waals surface area contributed by atoms with Crippen LogP contribution in [-0.4, -0.2) is 30.3 Å². The molecule has 4 heterocycles. The summed E-state index contributed by atoms with van der Waals surface area (Å²) in [7, 11) is 0. The van der Waals surface area contributed by atoms with E-state index in [1.54, 1.807) is 31.0 Å². The molecule has 0 fully saturated rings. The number of Topliss-reactive ketones (excluding diaryl/α,β-unsaturated/α-hetero) is 1. The molecular weight excluding hydrogens is 326 g/mol. The lowest BCUT2D eigenvalue weighted by Crippen LogP contribution is -2.13. The summed E-state index contributed by atoms with van der Waals surface area (Å²) in [6, 6.07) is 7.81. The van der Waals surface area contributed by atoms with E-state index in [9.17, 15) is 4.79 Å². The van der Waals surface area contributed by atoms with Crippen molar-refractivity contribution in [1.29, 1.82) is 0 Å². The molecule has 4 rings (SSSR count). The number of fused-ring (bicyclic) bond motifs is 1. The Labute approximate surface area is 150 Å². The maximum absolute atomic E-state index is 12.3. The molecule has 0 atom stereocenters. The lowest BCUT2D eigenvalue weighted by atomic mass is 10.1. The summed E-state index contributed by atoms with van der Waals surface area (Å²) < 4.78 is 1.84. The number of ketones is 1. The molecule has 0 aliphatic rings. The number of pyridine rings is 3. The highest BCUT2D eigenvalue weighted by Gasteiger charge is 2.09. The minimum absolute atomic E-state index is 0.0967. The molecule has 0 amide bonds. The average molecular weight is 343 g/mol. The Hall–Kier alpha value is -3.41. The fourth-order valence-electron chi connectivity index (χ4n) is 2.87. The van der Waals surface area contributed by atoms with Crippen molar-refractivity contribution in [2.75, 3.05) is 0 Å². The van der Waals surface area contributed by atoms with Crippen LogP contribution in [0.2, 0.25) is 0 Å². The number of hydrogen-bond acceptors (Lipinski definition) is 5. The van der Waals surface area contributed by atoms with Gasteiger partial charge in [-0.3, -0.25) is 19.7 Å². The molecule has 26 heavy (non-hydrogen) atoms. The van der Waals surface area contributed by atoms with Crippen molar-refractivity contribution in [3.05, 3.63) is 73.0 Å². The molecule has 0 aliphatic carbocycles. The van der Waals surface area contributed by atoms with Gasteiger partial charge in [-0.2, -0.15) is 0 Å². The van der Waals surface area contributed by atoms with Crippen LogP contribution in [0, 0.1) is 6.92 Å². The zero-order valence-electron chi connectivity index (χ0n) is 14.3. The van der Waals surface area contributed by atoms with Crippen molar-refractivity contribution in [1.82, 2.24) is 24.5 Å². The maximum atomic E-state index is 12.3. The fraction of sp³-hybridized carbons (Fsp3) is 0.150. The number of aromatic nitrogens is 5. The summed E-state index contributed by atoms with van der Waals surface area (Å²) in [5, 5.41) is 1.95. The summed E-state index contributed by atoms with van der Waals surface area (Å²) in [6.07, 6.45) is 10.9. The van der Waals surface area contributed by atoms with E-state index in [2.05, 4.69) is 19.9 Å². The average Bonchev–Trinajstić information content (AvgIpc) is 3.06. The van der Waals surface area contributed by atoms with Crippen LogP contribution in [0.15, 0.2) is 61.4 Å². The number of rotatable bonds is 5. The van der Waals surface area contributed by atoms with E-state index in [-0.39, 0.29) is 12.2 Å². The number of carbonyl (C=O) groups excluding carboxylic acids is 1. The lowest BCUT2D eigenvalue weighted by Gasteiger charge is -2.06. The Morgan fingerprint density at radius 3 is 2.69 bits per heavy atom. The molecule has 0 aromatic carbocycles. The van der Waals surface area contributed by atoms with Gasteiger partial charge in [0.25, 0.3) is 0 Å². The van der Waals surface area contributed by atoms with Gasteiger partial charge >= 0.3 is 0 Å². The van der Waals surface area contributed by atoms with Crippen LogP contribution in [0.25, 0.3) is 22.0 Å². The van der Waals surface area contributed by atoms with Crippen LogP contribution < -0.4 is 0 Å². The highest BCUT2D eigenvalue weighted by Crippen LogP contribution is 2.21. The lowest BCUT2D eigenvalue weighted by molar-refractivity contribution is -0.119. The van der Waals surface area contributed by atoms with Crippen LogP contribution >= 0.6 is 0 Å². The van der Waals surface area contributed by atoms with E-state index in [0.717, 1.165) is 33.5 Å². The highest BCUT2D eigenvalue weighted by atomic mass is 16.1. The molecule has 6 heteroatoms. The number of aryl methyl sites for hydroxylation is 1. The second-order valence-electron chi connectivity index (χ2n) is 6.15. The van der Waals surface area contributed by atoms with Gasteiger partial charge in [0.2, 0.25) is 0 Å². The predicted molar refractivity (Wildman–Crippen MR) is 98.4 cm³/mol. The van der Waals surface area contributed by atoms with Gasteiger partial charge in [-0.1, -0.05) is 0 Å². The van der Waals surface area contributed by atoms with Crippen molar-refractivity contribution in [2.24, 2.45) is 0 Å². The summed E-state index contributed by atoms with van der Waals surface area (Å²) in [5.41, 5.74) is 2.56. The van der Waals surface area contributed by atoms with Gasteiger partial charge in [0.15, 0.2) is 5.78 Å². The molecule has 128 valence electrons. The van der Waals surface area contributed by atoms with Gasteiger partial charge in [-0.05, 0) is 36.6 Å². The summed E-state index contributed by atoms with van der Waals surface area (Å²) >= 11 is 0. The largest absolute Gasteiger partial charge is 0.328 e. The van der Waals surface area contributed by atoms with Gasteiger partial charge in [0, 0.05) is 53.8 Å². The van der Waals surface area contributed by atoms with Crippen molar-refractivity contribution in [3.63, 3.8) is 0 Å². The standard InChI is InChI=1S/C20H17N5O/c1-14-22-5-6-25(14)13-19(26)9-18-7-16-8-20(15-3-2-4-21-10-15)24-12-17(16)11-23-18/h2-8,10-12H,9,13H2,1H3. The van der Waals surface area contributed by atoms with Crippen LogP contribution in [-0.2, 0) is 17.8 Å². The molecule has 0 N–H and O–H groups in total. The molecule has 0 saturated carbocycles. The predicted octanol–water partition coefficient (Wildman–Crippen LogP) is 3.01. The Morgan fingerprint density at radius 2 is 1.92 bits per heavy atom. The zero-order chi connectivity index (χ0) is 17.9. The highest BCUT2D eigenvalue weighted by molar-refractivity contribution is 5.86. The molecule has 4 aromatic heterocycles. The molecule has 0 aliphatic heterocycles. The third-order valence-corrected chi connectivity index (χ3v) is 4.27. The minimum atomic E-state index is 0.0967. The third kappa shape index (κ3) is 3.35. The molecule has 0 bridgehead atoms. The second-order valence-corrected chi connectivity index (χ2v) is 6.15. The van der Waals surface area contributed by atoms with E-state index >= 15 is 0 Å². The van der Waals surface area contributed by atoms with Crippen molar-refractivity contribution >= 4 is 16.6 Å². The van der Waals surface area contributed by atoms with Gasteiger partial charge in [0.05, 0.1) is 18.7 Å². The van der Waals surface area contributed by atoms with Crippen molar-refractivity contribution in [3.8, 4) is 11.3 Å². The smallest absolute Gasteiger partial charge is 0.158 e. The first-order chi connectivity index (χ1) is 12.7. The summed E-state index contributed by atoms with van der Waals surface area (Å²) in [4.78, 5) is 29.5. The van der Waals surface area contributed by atoms with Crippen molar-refractivity contribution < 1.29 is 4.79 Å². The van der Waals surface area contributed by atoms with Crippen LogP contribution in [0.1, 0.15) is 11.5 Å². The minimum Gasteiger partial charge on any atom is -0.328 e. The molecule has 0 unspecified atom stereocenters. The molecule has 0 radical (unpaired) electrons. The zero-order valence-corrected chi connectivity index (χ0v) is 14.3. The van der Waals surface area contributed by atoms with E-state index in [1.165, 1.54) is 0 Å². The van der Waals surface area contributed by atoms with E-state index in [1.807, 2.05) is 42.0 Å². The van der Waals surface area contributed by atoms with E-state index < -0.39 is 0 Å². The number of carbonyl (C=O) groups is 1. The first-order valence-corrected chi connectivity index (χ1v) is 8.33. The Bertz CT molecular complexity index is 1070. The first-order valence-electron chi connectivity index (χ1n) is 8.33. The molecule has 0 spiro atoms. The quantitative estimate of drug-likeness (QED) is 0.557. The summed E-state index contributed by atoms with van der Waals surface area (Å²) in [5.74, 6) is 0.927. The monoisotopic (exact) mass is 343 g/mol. The second kappa shape index (κ2) is 6.84. The van der Waals surface area contributed by atoms with Gasteiger partial charge in [-0.15, -0.1) is 0 Å². The van der Waals surface area contributed by atoms with E-state index in [0.29, 0.717) is 6.54 Å².